The van der Waals surface area contributed by atoms with Crippen molar-refractivity contribution < 1.29 is 19.4 Å². The van der Waals surface area contributed by atoms with E-state index in [-0.39, 0.29) is 0 Å². The number of carbonyl (C=O) groups is 1. The molecule has 0 aromatic heterocycles. The van der Waals surface area contributed by atoms with Crippen LogP contribution in [0.5, 0.6) is 11.5 Å². The summed E-state index contributed by atoms with van der Waals surface area (Å²) in [5.74, 6) is 0.699. The van der Waals surface area contributed by atoms with Crippen LogP contribution < -0.4 is 14.8 Å². The number of carboxylic acids is 1. The molecule has 1 aromatic carbocycles. The Balaban J connectivity index is 2.72. The molecule has 5 heteroatoms. The van der Waals surface area contributed by atoms with E-state index in [1.54, 1.807) is 7.11 Å². The first-order chi connectivity index (χ1) is 11.0. The summed E-state index contributed by atoms with van der Waals surface area (Å²) in [5, 5.41) is 12.7. The summed E-state index contributed by atoms with van der Waals surface area (Å²) in [4.78, 5) is 11.5. The topological polar surface area (TPSA) is 67.8 Å². The first-order valence-corrected chi connectivity index (χ1v) is 8.26. The van der Waals surface area contributed by atoms with Crippen molar-refractivity contribution in [2.75, 3.05) is 20.3 Å². The van der Waals surface area contributed by atoms with Crippen LogP contribution in [0.1, 0.15) is 45.6 Å². The summed E-state index contributed by atoms with van der Waals surface area (Å²) in [6.07, 6.45) is 2.15. The molecule has 0 spiro atoms. The average Bonchev–Trinajstić information content (AvgIpc) is 2.57. The number of carboxylic acid groups (broad SMARTS) is 1. The number of nitrogens with one attached hydrogen (secondary N) is 1. The second-order valence-corrected chi connectivity index (χ2v) is 5.73. The van der Waals surface area contributed by atoms with Crippen LogP contribution >= 0.6 is 0 Å². The van der Waals surface area contributed by atoms with Crippen LogP contribution in [-0.4, -0.2) is 31.3 Å². The van der Waals surface area contributed by atoms with Crippen molar-refractivity contribution in [1.29, 1.82) is 0 Å². The SMILES string of the molecule is CCCOc1cc(CNCC(CC)(CC)C(=O)O)ccc1OC. The van der Waals surface area contributed by atoms with Gasteiger partial charge < -0.3 is 19.9 Å². The second-order valence-electron chi connectivity index (χ2n) is 5.73. The fourth-order valence-electron chi connectivity index (χ4n) is 2.48. The third-order valence-corrected chi connectivity index (χ3v) is 4.29. The number of ether oxygens (including phenoxy) is 2. The maximum Gasteiger partial charge on any atom is 0.310 e. The Morgan fingerprint density at radius 2 is 1.91 bits per heavy atom. The van der Waals surface area contributed by atoms with E-state index in [1.807, 2.05) is 32.0 Å². The van der Waals surface area contributed by atoms with Gasteiger partial charge in [0, 0.05) is 13.1 Å². The third kappa shape index (κ3) is 5.13. The molecular weight excluding hydrogens is 294 g/mol. The molecule has 0 aliphatic rings. The van der Waals surface area contributed by atoms with Crippen molar-refractivity contribution in [3.05, 3.63) is 23.8 Å². The van der Waals surface area contributed by atoms with Gasteiger partial charge in [0.25, 0.3) is 0 Å². The highest BCUT2D eigenvalue weighted by Crippen LogP contribution is 2.29. The molecule has 0 heterocycles. The molecule has 5 nitrogen and oxygen atoms in total. The minimum Gasteiger partial charge on any atom is -0.493 e. The largest absolute Gasteiger partial charge is 0.493 e. The molecule has 0 radical (unpaired) electrons. The average molecular weight is 323 g/mol. The monoisotopic (exact) mass is 323 g/mol. The Morgan fingerprint density at radius 3 is 2.43 bits per heavy atom. The zero-order chi connectivity index (χ0) is 17.3. The molecule has 0 bridgehead atoms. The van der Waals surface area contributed by atoms with Crippen molar-refractivity contribution in [1.82, 2.24) is 5.32 Å². The van der Waals surface area contributed by atoms with Gasteiger partial charge in [0.15, 0.2) is 11.5 Å². The number of benzene rings is 1. The van der Waals surface area contributed by atoms with Crippen LogP contribution in [0.25, 0.3) is 0 Å². The number of rotatable bonds is 11. The van der Waals surface area contributed by atoms with Crippen LogP contribution in [0.2, 0.25) is 0 Å². The quantitative estimate of drug-likeness (QED) is 0.653. The molecule has 2 N–H and O–H groups in total. The second kappa shape index (κ2) is 9.40. The first-order valence-electron chi connectivity index (χ1n) is 8.26. The van der Waals surface area contributed by atoms with E-state index in [0.717, 1.165) is 17.7 Å². The fourth-order valence-corrected chi connectivity index (χ4v) is 2.48. The Hall–Kier alpha value is -1.75. The third-order valence-electron chi connectivity index (χ3n) is 4.29. The van der Waals surface area contributed by atoms with Gasteiger partial charge in [0.2, 0.25) is 0 Å². The molecule has 0 aliphatic carbocycles. The number of methoxy groups -OCH3 is 1. The molecule has 1 rings (SSSR count). The fraction of sp³-hybridized carbons (Fsp3) is 0.611. The lowest BCUT2D eigenvalue weighted by Gasteiger charge is -2.27. The van der Waals surface area contributed by atoms with Crippen molar-refractivity contribution in [2.45, 2.75) is 46.6 Å². The Bertz CT molecular complexity index is 498. The molecule has 0 aliphatic heterocycles. The minimum absolute atomic E-state index is 0.451. The number of hydrogen-bond acceptors (Lipinski definition) is 4. The first kappa shape index (κ1) is 19.3. The van der Waals surface area contributed by atoms with Crippen LogP contribution in [0.15, 0.2) is 18.2 Å². The van der Waals surface area contributed by atoms with Gasteiger partial charge in [0.05, 0.1) is 19.1 Å². The van der Waals surface area contributed by atoms with Crippen molar-refractivity contribution in [2.24, 2.45) is 5.41 Å². The van der Waals surface area contributed by atoms with Crippen LogP contribution in [-0.2, 0) is 11.3 Å². The van der Waals surface area contributed by atoms with Gasteiger partial charge in [-0.15, -0.1) is 0 Å². The van der Waals surface area contributed by atoms with Gasteiger partial charge in [0.1, 0.15) is 0 Å². The van der Waals surface area contributed by atoms with Gasteiger partial charge >= 0.3 is 5.97 Å². The Morgan fingerprint density at radius 1 is 1.22 bits per heavy atom. The van der Waals surface area contributed by atoms with Crippen LogP contribution in [0.3, 0.4) is 0 Å². The maximum absolute atomic E-state index is 11.5. The minimum atomic E-state index is -0.739. The molecule has 0 unspecified atom stereocenters. The van der Waals surface area contributed by atoms with E-state index < -0.39 is 11.4 Å². The van der Waals surface area contributed by atoms with Gasteiger partial charge in [-0.1, -0.05) is 26.8 Å². The number of aliphatic carboxylic acids is 1. The predicted octanol–water partition coefficient (Wildman–Crippen LogP) is 3.46. The molecule has 0 amide bonds. The lowest BCUT2D eigenvalue weighted by molar-refractivity contribution is -0.149. The Labute approximate surface area is 139 Å². The van der Waals surface area contributed by atoms with Gasteiger partial charge in [-0.25, -0.2) is 0 Å². The highest BCUT2D eigenvalue weighted by atomic mass is 16.5. The highest BCUT2D eigenvalue weighted by Gasteiger charge is 2.34. The van der Waals surface area contributed by atoms with Crippen LogP contribution in [0.4, 0.5) is 0 Å². The summed E-state index contributed by atoms with van der Waals surface area (Å²) in [7, 11) is 1.62. The van der Waals surface area contributed by atoms with E-state index in [2.05, 4.69) is 12.2 Å². The van der Waals surface area contributed by atoms with Crippen molar-refractivity contribution in [3.63, 3.8) is 0 Å². The summed E-state index contributed by atoms with van der Waals surface area (Å²) in [6, 6.07) is 5.79. The van der Waals surface area contributed by atoms with Gasteiger partial charge in [-0.3, -0.25) is 4.79 Å². The van der Waals surface area contributed by atoms with E-state index >= 15 is 0 Å². The molecule has 130 valence electrons. The molecule has 23 heavy (non-hydrogen) atoms. The summed E-state index contributed by atoms with van der Waals surface area (Å²) >= 11 is 0. The lowest BCUT2D eigenvalue weighted by atomic mass is 9.82. The summed E-state index contributed by atoms with van der Waals surface area (Å²) in [5.41, 5.74) is 0.344. The zero-order valence-electron chi connectivity index (χ0n) is 14.6. The molecule has 0 saturated carbocycles. The molecule has 0 atom stereocenters. The molecule has 0 saturated heterocycles. The molecule has 0 fully saturated rings. The van der Waals surface area contributed by atoms with E-state index in [4.69, 9.17) is 9.47 Å². The van der Waals surface area contributed by atoms with Crippen molar-refractivity contribution in [3.8, 4) is 11.5 Å². The van der Waals surface area contributed by atoms with E-state index in [0.29, 0.717) is 38.3 Å². The van der Waals surface area contributed by atoms with E-state index in [1.165, 1.54) is 0 Å². The lowest BCUT2D eigenvalue weighted by Crippen LogP contribution is -2.40. The predicted molar refractivity (Wildman–Crippen MR) is 91.1 cm³/mol. The smallest absolute Gasteiger partial charge is 0.310 e. The molecular formula is C18H29NO4. The standard InChI is InChI=1S/C18H29NO4/c1-5-10-23-16-11-14(8-9-15(16)22-4)12-19-13-18(6-2,7-3)17(20)21/h8-9,11,19H,5-7,10,12-13H2,1-4H3,(H,20,21). The maximum atomic E-state index is 11.5. The summed E-state index contributed by atoms with van der Waals surface area (Å²) < 4.78 is 11.0. The van der Waals surface area contributed by atoms with E-state index in [9.17, 15) is 9.90 Å². The highest BCUT2D eigenvalue weighted by molar-refractivity contribution is 5.74. The summed E-state index contributed by atoms with van der Waals surface area (Å²) in [6.45, 7) is 7.58. The van der Waals surface area contributed by atoms with Crippen LogP contribution in [0, 0.1) is 5.41 Å². The normalized spacial score (nSPS) is 11.3. The molecule has 1 aromatic rings. The Kier molecular flexibility index (Phi) is 7.89. The van der Waals surface area contributed by atoms with Gasteiger partial charge in [-0.2, -0.15) is 0 Å². The van der Waals surface area contributed by atoms with Crippen molar-refractivity contribution >= 4 is 5.97 Å². The van der Waals surface area contributed by atoms with Gasteiger partial charge in [-0.05, 0) is 37.0 Å². The zero-order valence-corrected chi connectivity index (χ0v) is 14.6. The number of hydrogen-bond donors (Lipinski definition) is 2.